The number of morpholine rings is 1. The van der Waals surface area contributed by atoms with Crippen molar-refractivity contribution < 1.29 is 14.3 Å². The van der Waals surface area contributed by atoms with Crippen LogP contribution in [0.1, 0.15) is 36.7 Å². The van der Waals surface area contributed by atoms with Gasteiger partial charge in [0.05, 0.1) is 23.6 Å². The zero-order valence-electron chi connectivity index (χ0n) is 20.2. The molecule has 3 aliphatic rings. The fourth-order valence-electron chi connectivity index (χ4n) is 4.99. The van der Waals surface area contributed by atoms with Crippen molar-refractivity contribution in [1.82, 2.24) is 15.0 Å². The number of amides is 1. The highest BCUT2D eigenvalue weighted by Crippen LogP contribution is 2.44. The molecule has 10 nitrogen and oxygen atoms in total. The van der Waals surface area contributed by atoms with E-state index >= 15 is 0 Å². The predicted octanol–water partition coefficient (Wildman–Crippen LogP) is 3.08. The van der Waals surface area contributed by atoms with E-state index in [1.807, 2.05) is 24.0 Å². The average molecular weight is 508 g/mol. The number of aryl methyl sites for hydroxylation is 1. The highest BCUT2D eigenvalue weighted by molar-refractivity contribution is 7.22. The van der Waals surface area contributed by atoms with Gasteiger partial charge in [-0.1, -0.05) is 11.3 Å². The molecule has 3 aromatic heterocycles. The van der Waals surface area contributed by atoms with E-state index in [2.05, 4.69) is 20.9 Å². The smallest absolute Gasteiger partial charge is 0.268 e. The van der Waals surface area contributed by atoms with Gasteiger partial charge in [-0.3, -0.25) is 14.7 Å². The number of nitrogens with zero attached hydrogens (tertiary/aromatic N) is 6. The number of carbonyl (C=O) groups is 1. The molecule has 0 aliphatic carbocycles. The van der Waals surface area contributed by atoms with E-state index in [4.69, 9.17) is 25.2 Å². The zero-order chi connectivity index (χ0) is 24.6. The number of piperidine rings is 1. The first kappa shape index (κ1) is 23.0. The van der Waals surface area contributed by atoms with Crippen LogP contribution in [0.4, 0.5) is 16.6 Å². The van der Waals surface area contributed by atoms with Gasteiger partial charge in [-0.15, -0.1) is 0 Å². The number of primary amides is 1. The molecule has 3 aliphatic heterocycles. The van der Waals surface area contributed by atoms with Crippen LogP contribution in [-0.2, 0) is 14.3 Å². The fourth-order valence-corrected chi connectivity index (χ4v) is 5.99. The summed E-state index contributed by atoms with van der Waals surface area (Å²) in [6, 6.07) is 5.95. The summed E-state index contributed by atoms with van der Waals surface area (Å²) in [5, 5.41) is 0.937. The van der Waals surface area contributed by atoms with Crippen molar-refractivity contribution >= 4 is 44.2 Å². The molecular formula is C25H29N7O3S. The Kier molecular flexibility index (Phi) is 6.10. The molecule has 0 aromatic carbocycles. The van der Waals surface area contributed by atoms with Crippen molar-refractivity contribution in [2.24, 2.45) is 5.73 Å². The predicted molar refractivity (Wildman–Crippen MR) is 139 cm³/mol. The summed E-state index contributed by atoms with van der Waals surface area (Å²) in [7, 11) is 0. The van der Waals surface area contributed by atoms with Crippen LogP contribution in [0.15, 0.2) is 36.4 Å². The number of hydrogen-bond donors (Lipinski definition) is 1. The molecule has 0 saturated carbocycles. The van der Waals surface area contributed by atoms with E-state index in [1.54, 1.807) is 17.5 Å². The molecule has 1 unspecified atom stereocenters. The van der Waals surface area contributed by atoms with Gasteiger partial charge >= 0.3 is 0 Å². The Morgan fingerprint density at radius 2 is 1.89 bits per heavy atom. The van der Waals surface area contributed by atoms with Gasteiger partial charge in [0.25, 0.3) is 5.91 Å². The van der Waals surface area contributed by atoms with Gasteiger partial charge in [-0.05, 0) is 44.4 Å². The number of carbonyl (C=O) groups excluding carboxylic acids is 1. The maximum atomic E-state index is 12.5. The van der Waals surface area contributed by atoms with Crippen molar-refractivity contribution in [3.8, 4) is 0 Å². The molecule has 6 rings (SSSR count). The van der Waals surface area contributed by atoms with Crippen LogP contribution in [0.25, 0.3) is 10.3 Å². The molecule has 0 bridgehead atoms. The van der Waals surface area contributed by atoms with Gasteiger partial charge in [-0.25, -0.2) is 4.98 Å². The monoisotopic (exact) mass is 507 g/mol. The van der Waals surface area contributed by atoms with E-state index in [-0.39, 0.29) is 0 Å². The van der Waals surface area contributed by atoms with Crippen LogP contribution in [0.5, 0.6) is 0 Å². The fraction of sp³-hybridized carbons (Fsp3) is 0.440. The van der Waals surface area contributed by atoms with Crippen molar-refractivity contribution in [2.75, 3.05) is 54.1 Å². The molecule has 2 N–H and O–H groups in total. The number of ether oxygens (including phenoxy) is 2. The maximum absolute atomic E-state index is 12.5. The molecule has 36 heavy (non-hydrogen) atoms. The van der Waals surface area contributed by atoms with Crippen molar-refractivity contribution in [1.29, 1.82) is 0 Å². The number of thiazole rings is 1. The average Bonchev–Trinajstić information content (AvgIpc) is 3.53. The molecule has 11 heteroatoms. The third-order valence-corrected chi connectivity index (χ3v) is 7.84. The molecule has 0 spiro atoms. The van der Waals surface area contributed by atoms with Gasteiger partial charge in [0.1, 0.15) is 12.0 Å². The van der Waals surface area contributed by atoms with Gasteiger partial charge in [0.2, 0.25) is 6.23 Å². The Morgan fingerprint density at radius 1 is 1.08 bits per heavy atom. The minimum Gasteiger partial charge on any atom is -0.471 e. The zero-order valence-corrected chi connectivity index (χ0v) is 21.0. The first-order valence-corrected chi connectivity index (χ1v) is 13.2. The van der Waals surface area contributed by atoms with Gasteiger partial charge in [0, 0.05) is 43.6 Å². The Bertz CT molecular complexity index is 1310. The maximum Gasteiger partial charge on any atom is 0.268 e. The summed E-state index contributed by atoms with van der Waals surface area (Å²) >= 11 is 1.61. The summed E-state index contributed by atoms with van der Waals surface area (Å²) in [5.41, 5.74) is 9.40. The molecule has 188 valence electrons. The minimum absolute atomic E-state index is 0.298. The SMILES string of the molecule is Cc1cc(C2OC=C(C(N)=O)N2c2cc3sc(N4CCOCC4)nc3nc2N2CCCCC2)ccn1. The van der Waals surface area contributed by atoms with Gasteiger partial charge in [-0.2, -0.15) is 4.98 Å². The van der Waals surface area contributed by atoms with Crippen molar-refractivity contribution in [2.45, 2.75) is 32.4 Å². The summed E-state index contributed by atoms with van der Waals surface area (Å²) in [4.78, 5) is 33.2. The largest absolute Gasteiger partial charge is 0.471 e. The minimum atomic E-state index is -0.552. The third kappa shape index (κ3) is 4.22. The van der Waals surface area contributed by atoms with Crippen LogP contribution in [0.3, 0.4) is 0 Å². The Morgan fingerprint density at radius 3 is 2.64 bits per heavy atom. The summed E-state index contributed by atoms with van der Waals surface area (Å²) in [6.07, 6.45) is 6.04. The standard InChI is InChI=1S/C25H29N7O3S/c1-16-13-17(5-6-27-16)24-32(19(15-35-24)21(26)33)18-14-20-22(28-23(18)30-7-3-2-4-8-30)29-25(36-20)31-9-11-34-12-10-31/h5-6,13-15,24H,2-4,7-12H2,1H3,(H2,26,33). The van der Waals surface area contributed by atoms with E-state index < -0.39 is 12.1 Å². The second kappa shape index (κ2) is 9.55. The molecule has 0 radical (unpaired) electrons. The Balaban J connectivity index is 1.49. The molecule has 1 atom stereocenters. The highest BCUT2D eigenvalue weighted by atomic mass is 32.1. The highest BCUT2D eigenvalue weighted by Gasteiger charge is 2.37. The molecule has 2 saturated heterocycles. The number of rotatable bonds is 5. The normalized spacial score (nSPS) is 20.5. The topological polar surface area (TPSA) is 110 Å². The van der Waals surface area contributed by atoms with E-state index in [9.17, 15) is 4.79 Å². The van der Waals surface area contributed by atoms with Gasteiger partial charge in [0.15, 0.2) is 16.6 Å². The molecule has 6 heterocycles. The van der Waals surface area contributed by atoms with E-state index in [0.29, 0.717) is 24.6 Å². The van der Waals surface area contributed by atoms with E-state index in [0.717, 1.165) is 71.6 Å². The lowest BCUT2D eigenvalue weighted by Crippen LogP contribution is -2.36. The quantitative estimate of drug-likeness (QED) is 0.557. The Labute approximate surface area is 213 Å². The lowest BCUT2D eigenvalue weighted by atomic mass is 10.1. The number of anilines is 3. The number of aromatic nitrogens is 3. The van der Waals surface area contributed by atoms with Crippen LogP contribution >= 0.6 is 11.3 Å². The van der Waals surface area contributed by atoms with Crippen molar-refractivity contribution in [3.05, 3.63) is 47.6 Å². The molecule has 1 amide bonds. The van der Waals surface area contributed by atoms with Gasteiger partial charge < -0.3 is 25.0 Å². The number of pyridine rings is 2. The first-order valence-electron chi connectivity index (χ1n) is 12.3. The molecular weight excluding hydrogens is 478 g/mol. The Hall–Kier alpha value is -3.44. The van der Waals surface area contributed by atoms with Crippen LogP contribution in [0.2, 0.25) is 0 Å². The lowest BCUT2D eigenvalue weighted by Gasteiger charge is -2.34. The number of nitrogens with two attached hydrogens (primary N) is 1. The van der Waals surface area contributed by atoms with Crippen LogP contribution in [-0.4, -0.2) is 60.3 Å². The lowest BCUT2D eigenvalue weighted by molar-refractivity contribution is -0.114. The van der Waals surface area contributed by atoms with Crippen molar-refractivity contribution in [3.63, 3.8) is 0 Å². The van der Waals surface area contributed by atoms with E-state index in [1.165, 1.54) is 12.7 Å². The van der Waals surface area contributed by atoms with Crippen LogP contribution in [0, 0.1) is 6.92 Å². The second-order valence-electron chi connectivity index (χ2n) is 9.25. The first-order chi connectivity index (χ1) is 17.6. The molecule has 3 aromatic rings. The number of hydrogen-bond acceptors (Lipinski definition) is 10. The molecule has 2 fully saturated rings. The summed E-state index contributed by atoms with van der Waals surface area (Å²) in [6.45, 7) is 6.73. The third-order valence-electron chi connectivity index (χ3n) is 6.79. The summed E-state index contributed by atoms with van der Waals surface area (Å²) in [5.74, 6) is 0.251. The second-order valence-corrected chi connectivity index (χ2v) is 10.3. The van der Waals surface area contributed by atoms with Crippen LogP contribution < -0.4 is 20.4 Å². The summed E-state index contributed by atoms with van der Waals surface area (Å²) < 4.78 is 12.5. The number of fused-ring (bicyclic) bond motifs is 1.